The zero-order valence-corrected chi connectivity index (χ0v) is 13.6. The smallest absolute Gasteiger partial charge is 0.241 e. The van der Waals surface area contributed by atoms with Gasteiger partial charge >= 0.3 is 0 Å². The van der Waals surface area contributed by atoms with E-state index in [2.05, 4.69) is 14.5 Å². The van der Waals surface area contributed by atoms with Gasteiger partial charge in [0.2, 0.25) is 5.91 Å². The summed E-state index contributed by atoms with van der Waals surface area (Å²) in [6.07, 6.45) is 9.13. The molecule has 2 aromatic heterocycles. The number of aliphatic hydroxyl groups is 1. The molecule has 0 bridgehead atoms. The van der Waals surface area contributed by atoms with Gasteiger partial charge in [-0.05, 0) is 30.5 Å². The van der Waals surface area contributed by atoms with Gasteiger partial charge in [0.05, 0.1) is 6.61 Å². The van der Waals surface area contributed by atoms with Crippen molar-refractivity contribution in [3.63, 3.8) is 0 Å². The summed E-state index contributed by atoms with van der Waals surface area (Å²) in [5, 5.41) is 9.02. The lowest BCUT2D eigenvalue weighted by atomic mass is 9.95. The Morgan fingerprint density at radius 2 is 2.00 bits per heavy atom. The van der Waals surface area contributed by atoms with E-state index in [0.29, 0.717) is 19.0 Å². The number of aliphatic hydroxyl groups excluding tert-OH is 1. The third-order valence-corrected chi connectivity index (χ3v) is 4.54. The first-order chi connectivity index (χ1) is 11.7. The second kappa shape index (κ2) is 7.55. The fourth-order valence-corrected chi connectivity index (χ4v) is 3.17. The van der Waals surface area contributed by atoms with Crippen LogP contribution in [0.25, 0.3) is 0 Å². The molecule has 7 heteroatoms. The number of carbonyl (C=O) groups excluding carboxylic acids is 1. The Bertz CT molecular complexity index is 665. The number of nitrogens with zero attached hydrogens (tertiary/aromatic N) is 4. The Morgan fingerprint density at radius 1 is 1.29 bits per heavy atom. The molecule has 7 nitrogen and oxygen atoms in total. The Kier molecular flexibility index (Phi) is 5.22. The summed E-state index contributed by atoms with van der Waals surface area (Å²) in [7, 11) is 0. The fourth-order valence-electron chi connectivity index (χ4n) is 3.17. The van der Waals surface area contributed by atoms with Gasteiger partial charge in [-0.3, -0.25) is 9.78 Å². The second-order valence-corrected chi connectivity index (χ2v) is 6.16. The number of hydrogen-bond acceptors (Lipinski definition) is 5. The quantitative estimate of drug-likeness (QED) is 0.825. The average Bonchev–Trinajstić information content (AvgIpc) is 3.09. The van der Waals surface area contributed by atoms with Crippen molar-refractivity contribution in [3.05, 3.63) is 48.3 Å². The van der Waals surface area contributed by atoms with E-state index in [1.165, 1.54) is 5.56 Å². The van der Waals surface area contributed by atoms with Crippen molar-refractivity contribution in [1.29, 1.82) is 0 Å². The minimum Gasteiger partial charge on any atom is -0.394 e. The standard InChI is InChI=1S/C17H23N5O2/c18-15(12-23)17(24)21-8-3-14(4-9-21)16-20-7-10-22(16)11-13-1-5-19-6-2-13/h1-2,5-7,10,14-15,23H,3-4,8-9,11-12,18H2/t15-/m0/s1. The number of likely N-dealkylation sites (tertiary alicyclic amines) is 1. The zero-order valence-electron chi connectivity index (χ0n) is 13.6. The Balaban J connectivity index is 1.63. The van der Waals surface area contributed by atoms with Gasteiger partial charge in [-0.2, -0.15) is 0 Å². The maximum absolute atomic E-state index is 12.0. The number of hydrogen-bond donors (Lipinski definition) is 2. The number of nitrogens with two attached hydrogens (primary N) is 1. The molecule has 0 saturated carbocycles. The molecular formula is C17H23N5O2. The van der Waals surface area contributed by atoms with Gasteiger partial charge in [-0.15, -0.1) is 0 Å². The number of amides is 1. The van der Waals surface area contributed by atoms with E-state index >= 15 is 0 Å². The first kappa shape index (κ1) is 16.6. The first-order valence-electron chi connectivity index (χ1n) is 8.24. The van der Waals surface area contributed by atoms with Crippen LogP contribution in [0.1, 0.15) is 30.1 Å². The molecule has 0 spiro atoms. The van der Waals surface area contributed by atoms with Gasteiger partial charge in [0, 0.05) is 50.3 Å². The van der Waals surface area contributed by atoms with Gasteiger partial charge < -0.3 is 20.3 Å². The third-order valence-electron chi connectivity index (χ3n) is 4.54. The van der Waals surface area contributed by atoms with Gasteiger partial charge in [0.1, 0.15) is 11.9 Å². The van der Waals surface area contributed by atoms with Crippen LogP contribution in [0.3, 0.4) is 0 Å². The van der Waals surface area contributed by atoms with E-state index in [0.717, 1.165) is 25.2 Å². The van der Waals surface area contributed by atoms with Crippen molar-refractivity contribution in [3.8, 4) is 0 Å². The molecule has 24 heavy (non-hydrogen) atoms. The molecule has 3 N–H and O–H groups in total. The molecule has 1 atom stereocenters. The molecule has 2 aromatic rings. The van der Waals surface area contributed by atoms with Crippen molar-refractivity contribution in [1.82, 2.24) is 19.4 Å². The molecule has 1 aliphatic heterocycles. The number of piperidine rings is 1. The Morgan fingerprint density at radius 3 is 2.67 bits per heavy atom. The minimum absolute atomic E-state index is 0.170. The monoisotopic (exact) mass is 329 g/mol. The molecule has 1 saturated heterocycles. The van der Waals surface area contributed by atoms with Crippen LogP contribution in [0.2, 0.25) is 0 Å². The number of carbonyl (C=O) groups is 1. The number of pyridine rings is 1. The summed E-state index contributed by atoms with van der Waals surface area (Å²) in [6.45, 7) is 1.76. The van der Waals surface area contributed by atoms with Gasteiger partial charge in [0.25, 0.3) is 0 Å². The minimum atomic E-state index is -0.810. The lowest BCUT2D eigenvalue weighted by Crippen LogP contribution is -2.48. The highest BCUT2D eigenvalue weighted by atomic mass is 16.3. The van der Waals surface area contributed by atoms with E-state index in [9.17, 15) is 4.79 Å². The van der Waals surface area contributed by atoms with E-state index < -0.39 is 6.04 Å². The lowest BCUT2D eigenvalue weighted by Gasteiger charge is -2.33. The largest absolute Gasteiger partial charge is 0.394 e. The van der Waals surface area contributed by atoms with Gasteiger partial charge in [-0.25, -0.2) is 4.98 Å². The van der Waals surface area contributed by atoms with Crippen LogP contribution in [0.15, 0.2) is 36.9 Å². The molecule has 0 radical (unpaired) electrons. The summed E-state index contributed by atoms with van der Waals surface area (Å²) in [6, 6.07) is 3.19. The molecule has 3 rings (SSSR count). The van der Waals surface area contributed by atoms with E-state index in [-0.39, 0.29) is 12.5 Å². The summed E-state index contributed by atoms with van der Waals surface area (Å²) >= 11 is 0. The number of rotatable bonds is 5. The maximum atomic E-state index is 12.0. The molecule has 1 fully saturated rings. The summed E-state index contributed by atoms with van der Waals surface area (Å²) in [5.41, 5.74) is 6.81. The predicted octanol–water partition coefficient (Wildman–Crippen LogP) is 0.352. The summed E-state index contributed by atoms with van der Waals surface area (Å²) < 4.78 is 2.16. The zero-order chi connectivity index (χ0) is 16.9. The summed E-state index contributed by atoms with van der Waals surface area (Å²) in [4.78, 5) is 22.4. The average molecular weight is 329 g/mol. The molecule has 0 aromatic carbocycles. The molecule has 1 aliphatic rings. The number of aromatic nitrogens is 3. The molecule has 3 heterocycles. The SMILES string of the molecule is N[C@@H](CO)C(=O)N1CCC(c2nccn2Cc2ccncc2)CC1. The fraction of sp³-hybridized carbons (Fsp3) is 0.471. The summed E-state index contributed by atoms with van der Waals surface area (Å²) in [5.74, 6) is 1.22. The van der Waals surface area contributed by atoms with Crippen molar-refractivity contribution in [2.24, 2.45) is 5.73 Å². The van der Waals surface area contributed by atoms with Crippen LogP contribution in [-0.4, -0.2) is 56.2 Å². The van der Waals surface area contributed by atoms with Crippen LogP contribution in [0.4, 0.5) is 0 Å². The van der Waals surface area contributed by atoms with E-state index in [4.69, 9.17) is 10.8 Å². The highest BCUT2D eigenvalue weighted by Crippen LogP contribution is 2.27. The van der Waals surface area contributed by atoms with Crippen molar-refractivity contribution in [2.45, 2.75) is 31.3 Å². The van der Waals surface area contributed by atoms with Crippen LogP contribution in [-0.2, 0) is 11.3 Å². The van der Waals surface area contributed by atoms with Crippen LogP contribution in [0.5, 0.6) is 0 Å². The highest BCUT2D eigenvalue weighted by Gasteiger charge is 2.28. The molecule has 128 valence electrons. The Labute approximate surface area is 141 Å². The van der Waals surface area contributed by atoms with E-state index in [1.807, 2.05) is 24.5 Å². The van der Waals surface area contributed by atoms with Crippen LogP contribution >= 0.6 is 0 Å². The van der Waals surface area contributed by atoms with Gasteiger partial charge in [-0.1, -0.05) is 0 Å². The van der Waals surface area contributed by atoms with Crippen LogP contribution in [0, 0.1) is 0 Å². The molecule has 0 aliphatic carbocycles. The van der Waals surface area contributed by atoms with Crippen molar-refractivity contribution >= 4 is 5.91 Å². The molecule has 1 amide bonds. The first-order valence-corrected chi connectivity index (χ1v) is 8.24. The predicted molar refractivity (Wildman–Crippen MR) is 89.2 cm³/mol. The van der Waals surface area contributed by atoms with Gasteiger partial charge in [0.15, 0.2) is 0 Å². The van der Waals surface area contributed by atoms with Crippen molar-refractivity contribution in [2.75, 3.05) is 19.7 Å². The normalized spacial score (nSPS) is 17.0. The van der Waals surface area contributed by atoms with Crippen molar-refractivity contribution < 1.29 is 9.90 Å². The lowest BCUT2D eigenvalue weighted by molar-refractivity contribution is -0.134. The van der Waals surface area contributed by atoms with E-state index in [1.54, 1.807) is 17.3 Å². The highest BCUT2D eigenvalue weighted by molar-refractivity contribution is 5.81. The number of imidazole rings is 1. The van der Waals surface area contributed by atoms with Crippen LogP contribution < -0.4 is 5.73 Å². The Hall–Kier alpha value is -2.25. The topological polar surface area (TPSA) is 97.3 Å². The second-order valence-electron chi connectivity index (χ2n) is 6.16. The maximum Gasteiger partial charge on any atom is 0.241 e. The molecule has 0 unspecified atom stereocenters. The molecular weight excluding hydrogens is 306 g/mol. The third kappa shape index (κ3) is 3.63.